The van der Waals surface area contributed by atoms with Gasteiger partial charge in [0.15, 0.2) is 0 Å². The van der Waals surface area contributed by atoms with E-state index in [9.17, 15) is 4.79 Å². The number of methoxy groups -OCH3 is 1. The van der Waals surface area contributed by atoms with Crippen molar-refractivity contribution in [3.05, 3.63) is 46.8 Å². The first-order chi connectivity index (χ1) is 12.9. The molecule has 1 aliphatic heterocycles. The highest BCUT2D eigenvalue weighted by molar-refractivity contribution is 5.85. The van der Waals surface area contributed by atoms with Gasteiger partial charge in [-0.3, -0.25) is 4.79 Å². The molecule has 0 radical (unpaired) electrons. The highest BCUT2D eigenvalue weighted by Gasteiger charge is 2.41. The van der Waals surface area contributed by atoms with E-state index in [1.54, 1.807) is 12.0 Å². The maximum absolute atomic E-state index is 13.2. The van der Waals surface area contributed by atoms with Crippen LogP contribution in [0.1, 0.15) is 35.4 Å². The predicted octanol–water partition coefficient (Wildman–Crippen LogP) is 2.52. The summed E-state index contributed by atoms with van der Waals surface area (Å²) in [6, 6.07) is 8.21. The van der Waals surface area contributed by atoms with Crippen molar-refractivity contribution in [2.75, 3.05) is 27.2 Å². The first kappa shape index (κ1) is 19.6. The predicted molar refractivity (Wildman–Crippen MR) is 106 cm³/mol. The van der Waals surface area contributed by atoms with Gasteiger partial charge in [0.2, 0.25) is 0 Å². The number of carbonyl (C=O) groups is 1. The Balaban J connectivity index is 1.85. The lowest BCUT2D eigenvalue weighted by atomic mass is 9.90. The number of piperidine rings is 1. The van der Waals surface area contributed by atoms with Crippen LogP contribution >= 0.6 is 0 Å². The molecule has 1 saturated heterocycles. The minimum Gasteiger partial charge on any atom is -0.368 e. The smallest absolute Gasteiger partial charge is 0.254 e. The normalized spacial score (nSPS) is 16.3. The van der Waals surface area contributed by atoms with Gasteiger partial charge < -0.3 is 15.0 Å². The quantitative estimate of drug-likeness (QED) is 0.879. The first-order valence-corrected chi connectivity index (χ1v) is 9.52. The standard InChI is InChI=1S/C21H30N4O2/c1-15-8-6-7-9-19(15)25-17(3)18(16(2)23-25)14-24(4)20(26)21(27-5)10-12-22-13-11-21/h6-9,22H,10-14H2,1-5H3. The molecular weight excluding hydrogens is 340 g/mol. The van der Waals surface area contributed by atoms with E-state index in [1.807, 2.05) is 30.8 Å². The van der Waals surface area contributed by atoms with Crippen LogP contribution in [-0.4, -0.2) is 53.4 Å². The molecule has 146 valence electrons. The van der Waals surface area contributed by atoms with Crippen LogP contribution < -0.4 is 5.32 Å². The highest BCUT2D eigenvalue weighted by atomic mass is 16.5. The largest absolute Gasteiger partial charge is 0.368 e. The molecule has 1 aliphatic rings. The van der Waals surface area contributed by atoms with E-state index in [-0.39, 0.29) is 5.91 Å². The van der Waals surface area contributed by atoms with E-state index in [2.05, 4.69) is 31.3 Å². The van der Waals surface area contributed by atoms with Crippen molar-refractivity contribution in [1.29, 1.82) is 0 Å². The zero-order valence-corrected chi connectivity index (χ0v) is 17.0. The van der Waals surface area contributed by atoms with Crippen LogP contribution in [0.4, 0.5) is 0 Å². The molecule has 6 heteroatoms. The van der Waals surface area contributed by atoms with Gasteiger partial charge in [-0.25, -0.2) is 4.68 Å². The molecule has 1 N–H and O–H groups in total. The van der Waals surface area contributed by atoms with Gasteiger partial charge in [-0.2, -0.15) is 5.10 Å². The Kier molecular flexibility index (Phi) is 5.67. The molecule has 1 aromatic carbocycles. The van der Waals surface area contributed by atoms with Gasteiger partial charge in [-0.1, -0.05) is 18.2 Å². The van der Waals surface area contributed by atoms with Gasteiger partial charge in [-0.15, -0.1) is 0 Å². The van der Waals surface area contributed by atoms with Crippen molar-refractivity contribution in [3.8, 4) is 5.69 Å². The molecule has 0 bridgehead atoms. The van der Waals surface area contributed by atoms with Crippen LogP contribution in [0.5, 0.6) is 0 Å². The first-order valence-electron chi connectivity index (χ1n) is 9.52. The fourth-order valence-corrected chi connectivity index (χ4v) is 3.93. The maximum Gasteiger partial charge on any atom is 0.254 e. The summed E-state index contributed by atoms with van der Waals surface area (Å²) in [5, 5.41) is 8.04. The lowest BCUT2D eigenvalue weighted by Crippen LogP contribution is -2.54. The molecule has 1 amide bonds. The summed E-state index contributed by atoms with van der Waals surface area (Å²) in [6.45, 7) is 8.29. The van der Waals surface area contributed by atoms with Crippen molar-refractivity contribution >= 4 is 5.91 Å². The Bertz CT molecular complexity index is 822. The molecule has 3 rings (SSSR count). The number of hydrogen-bond acceptors (Lipinski definition) is 4. The Labute approximate surface area is 161 Å². The number of amides is 1. The Morgan fingerprint density at radius 2 is 1.93 bits per heavy atom. The fraction of sp³-hybridized carbons (Fsp3) is 0.524. The number of nitrogens with zero attached hydrogens (tertiary/aromatic N) is 3. The third kappa shape index (κ3) is 3.64. The van der Waals surface area contributed by atoms with Gasteiger partial charge in [0, 0.05) is 32.0 Å². The van der Waals surface area contributed by atoms with Crippen LogP contribution in [0.2, 0.25) is 0 Å². The van der Waals surface area contributed by atoms with E-state index < -0.39 is 5.60 Å². The maximum atomic E-state index is 13.2. The third-order valence-electron chi connectivity index (χ3n) is 5.72. The topological polar surface area (TPSA) is 59.4 Å². The van der Waals surface area contributed by atoms with E-state index in [1.165, 1.54) is 5.56 Å². The number of benzene rings is 1. The molecule has 1 fully saturated rings. The van der Waals surface area contributed by atoms with Gasteiger partial charge in [0.1, 0.15) is 5.60 Å². The van der Waals surface area contributed by atoms with Crippen molar-refractivity contribution in [2.24, 2.45) is 0 Å². The Morgan fingerprint density at radius 3 is 2.56 bits per heavy atom. The van der Waals surface area contributed by atoms with Gasteiger partial charge >= 0.3 is 0 Å². The van der Waals surface area contributed by atoms with Crippen LogP contribution in [0, 0.1) is 20.8 Å². The van der Waals surface area contributed by atoms with E-state index in [0.29, 0.717) is 19.4 Å². The number of likely N-dealkylation sites (N-methyl/N-ethyl adjacent to an activating group) is 1. The summed E-state index contributed by atoms with van der Waals surface area (Å²) < 4.78 is 7.68. The average molecular weight is 370 g/mol. The number of para-hydroxylation sites is 1. The van der Waals surface area contributed by atoms with E-state index in [0.717, 1.165) is 35.7 Å². The molecule has 6 nitrogen and oxygen atoms in total. The van der Waals surface area contributed by atoms with Crippen LogP contribution in [0.15, 0.2) is 24.3 Å². The summed E-state index contributed by atoms with van der Waals surface area (Å²) in [4.78, 5) is 14.9. The number of nitrogens with one attached hydrogen (secondary N) is 1. The Hall–Kier alpha value is -2.18. The van der Waals surface area contributed by atoms with Gasteiger partial charge in [-0.05, 0) is 58.3 Å². The fourth-order valence-electron chi connectivity index (χ4n) is 3.93. The van der Waals surface area contributed by atoms with E-state index in [4.69, 9.17) is 9.84 Å². The molecule has 27 heavy (non-hydrogen) atoms. The summed E-state index contributed by atoms with van der Waals surface area (Å²) in [5.41, 5.74) is 4.64. The van der Waals surface area contributed by atoms with Crippen molar-refractivity contribution in [2.45, 2.75) is 45.8 Å². The lowest BCUT2D eigenvalue weighted by Gasteiger charge is -2.37. The highest BCUT2D eigenvalue weighted by Crippen LogP contribution is 2.27. The summed E-state index contributed by atoms with van der Waals surface area (Å²) in [6.07, 6.45) is 1.40. The molecule has 1 aromatic heterocycles. The van der Waals surface area contributed by atoms with E-state index >= 15 is 0 Å². The minimum absolute atomic E-state index is 0.0499. The molecule has 2 heterocycles. The zero-order chi connectivity index (χ0) is 19.6. The lowest BCUT2D eigenvalue weighted by molar-refractivity contribution is -0.157. The van der Waals surface area contributed by atoms with Crippen LogP contribution in [-0.2, 0) is 16.1 Å². The third-order valence-corrected chi connectivity index (χ3v) is 5.72. The molecule has 2 aromatic rings. The minimum atomic E-state index is -0.714. The van der Waals surface area contributed by atoms with Crippen molar-refractivity contribution in [3.63, 3.8) is 0 Å². The molecule has 0 aliphatic carbocycles. The average Bonchev–Trinajstić information content (AvgIpc) is 2.96. The monoisotopic (exact) mass is 370 g/mol. The number of carbonyl (C=O) groups excluding carboxylic acids is 1. The summed E-state index contributed by atoms with van der Waals surface area (Å²) in [7, 11) is 3.50. The second kappa shape index (κ2) is 7.82. The summed E-state index contributed by atoms with van der Waals surface area (Å²) >= 11 is 0. The SMILES string of the molecule is COC1(C(=O)N(C)Cc2c(C)nn(-c3ccccc3C)c2C)CCNCC1. The van der Waals surface area contributed by atoms with Crippen LogP contribution in [0.3, 0.4) is 0 Å². The van der Waals surface area contributed by atoms with Crippen molar-refractivity contribution < 1.29 is 9.53 Å². The van der Waals surface area contributed by atoms with Crippen LogP contribution in [0.25, 0.3) is 5.69 Å². The molecule has 0 spiro atoms. The van der Waals surface area contributed by atoms with Crippen molar-refractivity contribution in [1.82, 2.24) is 20.0 Å². The number of aryl methyl sites for hydroxylation is 2. The van der Waals surface area contributed by atoms with Gasteiger partial charge in [0.25, 0.3) is 5.91 Å². The second-order valence-corrected chi connectivity index (χ2v) is 7.46. The number of aromatic nitrogens is 2. The Morgan fingerprint density at radius 1 is 1.26 bits per heavy atom. The zero-order valence-electron chi connectivity index (χ0n) is 17.0. The molecule has 0 unspecified atom stereocenters. The number of rotatable bonds is 5. The molecular formula is C21H30N4O2. The van der Waals surface area contributed by atoms with Gasteiger partial charge in [0.05, 0.1) is 11.4 Å². The number of hydrogen-bond donors (Lipinski definition) is 1. The summed E-state index contributed by atoms with van der Waals surface area (Å²) in [5.74, 6) is 0.0499. The second-order valence-electron chi connectivity index (χ2n) is 7.46. The molecule has 0 saturated carbocycles. The molecule has 0 atom stereocenters. The number of ether oxygens (including phenoxy) is 1.